The molecule has 0 fully saturated rings. The number of hydrogen-bond donors (Lipinski definition) is 0. The third-order valence-electron chi connectivity index (χ3n) is 5.20. The number of halogens is 2. The molecule has 3 heterocycles. The molecule has 2 aromatic carbocycles. The van der Waals surface area contributed by atoms with Crippen molar-refractivity contribution in [3.8, 4) is 16.9 Å². The molecule has 5 aromatic rings. The van der Waals surface area contributed by atoms with Gasteiger partial charge in [-0.3, -0.25) is 22.9 Å². The lowest BCUT2D eigenvalue weighted by Crippen LogP contribution is -2.37. The van der Waals surface area contributed by atoms with Gasteiger partial charge in [0.15, 0.2) is 11.2 Å². The number of nitrogens with zero attached hydrogens (tertiary/aromatic N) is 5. The largest absolute Gasteiger partial charge is 0.332 e. The maximum absolute atomic E-state index is 13.8. The van der Waals surface area contributed by atoms with Gasteiger partial charge >= 0.3 is 5.69 Å². The second kappa shape index (κ2) is 6.43. The molecule has 30 heavy (non-hydrogen) atoms. The zero-order valence-corrected chi connectivity index (χ0v) is 16.8. The molecule has 0 atom stereocenters. The van der Waals surface area contributed by atoms with Gasteiger partial charge in [-0.25, -0.2) is 9.18 Å². The van der Waals surface area contributed by atoms with E-state index in [4.69, 9.17) is 11.6 Å². The highest BCUT2D eigenvalue weighted by molar-refractivity contribution is 6.30. The maximum atomic E-state index is 13.8. The molecule has 0 spiro atoms. The van der Waals surface area contributed by atoms with Gasteiger partial charge in [-0.15, -0.1) is 0 Å². The second-order valence-electron chi connectivity index (χ2n) is 6.97. The summed E-state index contributed by atoms with van der Waals surface area (Å²) in [7, 11) is 2.99. The van der Waals surface area contributed by atoms with Crippen LogP contribution in [-0.4, -0.2) is 23.1 Å². The van der Waals surface area contributed by atoms with Gasteiger partial charge in [-0.1, -0.05) is 41.9 Å². The Morgan fingerprint density at radius 3 is 2.43 bits per heavy atom. The van der Waals surface area contributed by atoms with Crippen molar-refractivity contribution >= 4 is 28.5 Å². The molecule has 0 aliphatic heterocycles. The first kappa shape index (κ1) is 18.4. The molecule has 7 nitrogen and oxygen atoms in total. The zero-order chi connectivity index (χ0) is 21.2. The highest BCUT2D eigenvalue weighted by Gasteiger charge is 2.22. The molecule has 3 aromatic heterocycles. The quantitative estimate of drug-likeness (QED) is 0.438. The van der Waals surface area contributed by atoms with Crippen molar-refractivity contribution in [2.24, 2.45) is 14.1 Å². The Kier molecular flexibility index (Phi) is 3.94. The Morgan fingerprint density at radius 1 is 1.00 bits per heavy atom. The summed E-state index contributed by atoms with van der Waals surface area (Å²) < 4.78 is 19.6. The van der Waals surface area contributed by atoms with Crippen LogP contribution in [0.15, 0.2) is 64.3 Å². The summed E-state index contributed by atoms with van der Waals surface area (Å²) >= 11 is 6.04. The second-order valence-corrected chi connectivity index (χ2v) is 7.38. The maximum Gasteiger partial charge on any atom is 0.332 e. The van der Waals surface area contributed by atoms with Crippen LogP contribution >= 0.6 is 11.6 Å². The van der Waals surface area contributed by atoms with E-state index in [0.29, 0.717) is 11.5 Å². The van der Waals surface area contributed by atoms with Gasteiger partial charge in [0.2, 0.25) is 5.78 Å². The number of aromatic nitrogens is 5. The highest BCUT2D eigenvalue weighted by atomic mass is 35.5. The van der Waals surface area contributed by atoms with E-state index >= 15 is 0 Å². The molecular formula is C21H15ClFN5O2. The first-order valence-corrected chi connectivity index (χ1v) is 9.46. The summed E-state index contributed by atoms with van der Waals surface area (Å²) in [6, 6.07) is 13.9. The normalized spacial score (nSPS) is 11.6. The van der Waals surface area contributed by atoms with E-state index in [1.165, 1.54) is 23.7 Å². The average Bonchev–Trinajstić information content (AvgIpc) is 3.30. The number of benzene rings is 2. The number of aryl methyl sites for hydroxylation is 1. The van der Waals surface area contributed by atoms with Gasteiger partial charge in [-0.05, 0) is 18.2 Å². The Labute approximate surface area is 173 Å². The van der Waals surface area contributed by atoms with Gasteiger partial charge in [0.25, 0.3) is 5.56 Å². The molecule has 0 saturated carbocycles. The van der Waals surface area contributed by atoms with Crippen LogP contribution in [0.4, 0.5) is 4.39 Å². The number of fused-ring (bicyclic) bond motifs is 3. The molecule has 5 rings (SSSR count). The summed E-state index contributed by atoms with van der Waals surface area (Å²) in [6.45, 7) is 0. The van der Waals surface area contributed by atoms with E-state index in [1.807, 2.05) is 30.3 Å². The molecule has 0 radical (unpaired) electrons. The third-order valence-corrected chi connectivity index (χ3v) is 5.49. The van der Waals surface area contributed by atoms with Crippen LogP contribution in [0.2, 0.25) is 5.02 Å². The van der Waals surface area contributed by atoms with E-state index in [-0.39, 0.29) is 16.2 Å². The summed E-state index contributed by atoms with van der Waals surface area (Å²) in [5.41, 5.74) is 1.81. The first-order chi connectivity index (χ1) is 14.4. The van der Waals surface area contributed by atoms with E-state index in [9.17, 15) is 14.0 Å². The summed E-state index contributed by atoms with van der Waals surface area (Å²) in [4.78, 5) is 29.8. The summed E-state index contributed by atoms with van der Waals surface area (Å²) in [5, 5.41) is -0.0298. The third kappa shape index (κ3) is 2.47. The van der Waals surface area contributed by atoms with Gasteiger partial charge in [0.1, 0.15) is 5.82 Å². The highest BCUT2D eigenvalue weighted by Crippen LogP contribution is 2.30. The molecule has 0 amide bonds. The minimum absolute atomic E-state index is 0.0298. The Bertz CT molecular complexity index is 1580. The Hall–Kier alpha value is -3.65. The van der Waals surface area contributed by atoms with Gasteiger partial charge < -0.3 is 0 Å². The topological polar surface area (TPSA) is 66.2 Å². The van der Waals surface area contributed by atoms with Crippen molar-refractivity contribution in [1.82, 2.24) is 23.1 Å². The SMILES string of the molecule is Cn1c(=O)c2c(nc3n(-c4ccc(F)c(Cl)c4)c(-c4ccccc4)cn23)n(C)c1=O. The monoisotopic (exact) mass is 423 g/mol. The number of hydrogen-bond acceptors (Lipinski definition) is 3. The number of rotatable bonds is 2. The standard InChI is InChI=1S/C21H15ClFN5O2/c1-25-18-17(19(29)26(2)21(25)30)27-11-16(12-6-4-3-5-7-12)28(20(27)24-18)13-8-9-15(23)14(22)10-13/h3-11H,1-2H3. The predicted molar refractivity (Wildman–Crippen MR) is 113 cm³/mol. The molecule has 9 heteroatoms. The van der Waals surface area contributed by atoms with Gasteiger partial charge in [-0.2, -0.15) is 4.98 Å². The van der Waals surface area contributed by atoms with Crippen LogP contribution in [0, 0.1) is 5.82 Å². The van der Waals surface area contributed by atoms with Crippen LogP contribution in [-0.2, 0) is 14.1 Å². The fourth-order valence-electron chi connectivity index (χ4n) is 3.66. The Morgan fingerprint density at radius 2 is 1.73 bits per heavy atom. The van der Waals surface area contributed by atoms with Crippen molar-refractivity contribution in [2.75, 3.05) is 0 Å². The molecule has 0 N–H and O–H groups in total. The van der Waals surface area contributed by atoms with Crippen LogP contribution in [0.5, 0.6) is 0 Å². The van der Waals surface area contributed by atoms with Crippen LogP contribution in [0.3, 0.4) is 0 Å². The van der Waals surface area contributed by atoms with E-state index in [2.05, 4.69) is 4.98 Å². The first-order valence-electron chi connectivity index (χ1n) is 9.09. The molecule has 0 unspecified atom stereocenters. The van der Waals surface area contributed by atoms with Crippen molar-refractivity contribution in [3.63, 3.8) is 0 Å². The van der Waals surface area contributed by atoms with Crippen LogP contribution < -0.4 is 11.2 Å². The lowest BCUT2D eigenvalue weighted by molar-refractivity contribution is 0.628. The van der Waals surface area contributed by atoms with Crippen molar-refractivity contribution < 1.29 is 4.39 Å². The van der Waals surface area contributed by atoms with Gasteiger partial charge in [0.05, 0.1) is 16.4 Å². The zero-order valence-electron chi connectivity index (χ0n) is 16.0. The van der Waals surface area contributed by atoms with Crippen LogP contribution in [0.25, 0.3) is 33.9 Å². The smallest absolute Gasteiger partial charge is 0.279 e. The average molecular weight is 424 g/mol. The summed E-state index contributed by atoms with van der Waals surface area (Å²) in [5.74, 6) is -0.126. The lowest BCUT2D eigenvalue weighted by atomic mass is 10.1. The Balaban J connectivity index is 1.98. The van der Waals surface area contributed by atoms with Crippen molar-refractivity contribution in [3.05, 3.63) is 86.4 Å². The molecule has 0 aliphatic carbocycles. The predicted octanol–water partition coefficient (Wildman–Crippen LogP) is 3.14. The fourth-order valence-corrected chi connectivity index (χ4v) is 3.84. The van der Waals surface area contributed by atoms with Crippen molar-refractivity contribution in [1.29, 1.82) is 0 Å². The molecule has 0 bridgehead atoms. The molecule has 0 saturated heterocycles. The van der Waals surface area contributed by atoms with E-state index in [0.717, 1.165) is 15.8 Å². The summed E-state index contributed by atoms with van der Waals surface area (Å²) in [6.07, 6.45) is 1.78. The number of imidazole rings is 2. The van der Waals surface area contributed by atoms with E-state index in [1.54, 1.807) is 28.3 Å². The molecule has 0 aliphatic rings. The fraction of sp³-hybridized carbons (Fsp3) is 0.0952. The minimum Gasteiger partial charge on any atom is -0.279 e. The van der Waals surface area contributed by atoms with E-state index < -0.39 is 17.1 Å². The lowest BCUT2D eigenvalue weighted by Gasteiger charge is -2.10. The minimum atomic E-state index is -0.533. The van der Waals surface area contributed by atoms with Gasteiger partial charge in [0, 0.05) is 25.9 Å². The van der Waals surface area contributed by atoms with Crippen molar-refractivity contribution in [2.45, 2.75) is 0 Å². The molecular weight excluding hydrogens is 409 g/mol. The molecule has 150 valence electrons. The van der Waals surface area contributed by atoms with Crippen LogP contribution in [0.1, 0.15) is 0 Å².